The Hall–Kier alpha value is -2.76. The number of carboxylic acid groups (broad SMARTS) is 1. The molecule has 0 fully saturated rings. The molecule has 3 heterocycles. The van der Waals surface area contributed by atoms with Crippen molar-refractivity contribution >= 4 is 17.0 Å². The van der Waals surface area contributed by atoms with E-state index in [0.29, 0.717) is 11.2 Å². The van der Waals surface area contributed by atoms with Crippen LogP contribution in [0.4, 0.5) is 4.39 Å². The number of carbonyl (C=O) groups is 1. The number of aromatic amines is 1. The molecule has 0 aromatic carbocycles. The molecular weight excluding hydrogens is 249 g/mol. The maximum absolute atomic E-state index is 13.8. The lowest BCUT2D eigenvalue weighted by Gasteiger charge is -2.03. The quantitative estimate of drug-likeness (QED) is 0.739. The fourth-order valence-electron chi connectivity index (χ4n) is 1.83. The number of H-pyrrole nitrogens is 1. The second kappa shape index (κ2) is 4.16. The normalized spacial score (nSPS) is 10.8. The summed E-state index contributed by atoms with van der Waals surface area (Å²) in [6.45, 7) is 0. The van der Waals surface area contributed by atoms with Gasteiger partial charge in [0, 0.05) is 23.3 Å². The molecule has 6 heteroatoms. The molecule has 0 saturated heterocycles. The lowest BCUT2D eigenvalue weighted by atomic mass is 10.1. The van der Waals surface area contributed by atoms with Crippen LogP contribution >= 0.6 is 0 Å². The van der Waals surface area contributed by atoms with Crippen LogP contribution < -0.4 is 0 Å². The fraction of sp³-hybridized carbons (Fsp3) is 0. The van der Waals surface area contributed by atoms with Gasteiger partial charge in [0.05, 0.1) is 0 Å². The van der Waals surface area contributed by atoms with Gasteiger partial charge in [0.1, 0.15) is 22.9 Å². The van der Waals surface area contributed by atoms with Gasteiger partial charge >= 0.3 is 5.97 Å². The topological polar surface area (TPSA) is 78.9 Å². The summed E-state index contributed by atoms with van der Waals surface area (Å²) in [6.07, 6.45) is 3.18. The molecule has 0 aliphatic rings. The molecule has 0 amide bonds. The van der Waals surface area contributed by atoms with Crippen LogP contribution in [0.1, 0.15) is 10.5 Å². The van der Waals surface area contributed by atoms with E-state index in [1.54, 1.807) is 18.3 Å². The van der Waals surface area contributed by atoms with Crippen LogP contribution in [0.2, 0.25) is 0 Å². The molecule has 3 aromatic rings. The number of hydrogen-bond acceptors (Lipinski definition) is 3. The molecule has 19 heavy (non-hydrogen) atoms. The van der Waals surface area contributed by atoms with Crippen molar-refractivity contribution in [3.05, 3.63) is 48.2 Å². The molecule has 0 aliphatic carbocycles. The summed E-state index contributed by atoms with van der Waals surface area (Å²) in [5.74, 6) is -1.78. The van der Waals surface area contributed by atoms with Crippen LogP contribution in [0.3, 0.4) is 0 Å². The third kappa shape index (κ3) is 1.93. The molecule has 0 bridgehead atoms. The van der Waals surface area contributed by atoms with Crippen molar-refractivity contribution in [2.75, 3.05) is 0 Å². The van der Waals surface area contributed by atoms with Gasteiger partial charge in [-0.05, 0) is 24.3 Å². The van der Waals surface area contributed by atoms with Crippen LogP contribution in [0.5, 0.6) is 0 Å². The number of rotatable bonds is 2. The number of nitrogens with one attached hydrogen (secondary N) is 1. The van der Waals surface area contributed by atoms with Crippen molar-refractivity contribution in [1.29, 1.82) is 0 Å². The van der Waals surface area contributed by atoms with Crippen molar-refractivity contribution in [2.45, 2.75) is 0 Å². The summed E-state index contributed by atoms with van der Waals surface area (Å²) < 4.78 is 13.8. The number of aromatic nitrogens is 3. The van der Waals surface area contributed by atoms with Gasteiger partial charge in [-0.15, -0.1) is 0 Å². The van der Waals surface area contributed by atoms with E-state index in [1.807, 2.05) is 0 Å². The fourth-order valence-corrected chi connectivity index (χ4v) is 1.83. The van der Waals surface area contributed by atoms with E-state index in [0.717, 1.165) is 17.5 Å². The lowest BCUT2D eigenvalue weighted by Crippen LogP contribution is -2.02. The molecule has 0 radical (unpaired) electrons. The Kier molecular flexibility index (Phi) is 2.49. The molecule has 0 saturated carbocycles. The largest absolute Gasteiger partial charge is 0.477 e. The first-order chi connectivity index (χ1) is 9.15. The lowest BCUT2D eigenvalue weighted by molar-refractivity contribution is 0.0690. The number of pyridine rings is 2. The first-order valence-corrected chi connectivity index (χ1v) is 5.48. The third-order valence-corrected chi connectivity index (χ3v) is 2.74. The number of carboxylic acids is 1. The minimum Gasteiger partial charge on any atom is -0.477 e. The van der Waals surface area contributed by atoms with E-state index in [-0.39, 0.29) is 11.4 Å². The van der Waals surface area contributed by atoms with E-state index in [1.165, 1.54) is 6.20 Å². The summed E-state index contributed by atoms with van der Waals surface area (Å²) in [6, 6.07) is 5.72. The van der Waals surface area contributed by atoms with Crippen LogP contribution in [0, 0.1) is 5.82 Å². The van der Waals surface area contributed by atoms with E-state index in [9.17, 15) is 9.18 Å². The Labute approximate surface area is 106 Å². The van der Waals surface area contributed by atoms with Crippen molar-refractivity contribution in [2.24, 2.45) is 0 Å². The Morgan fingerprint density at radius 2 is 2.16 bits per heavy atom. The summed E-state index contributed by atoms with van der Waals surface area (Å²) in [4.78, 5) is 21.7. The Balaban J connectivity index is 2.19. The first-order valence-electron chi connectivity index (χ1n) is 5.48. The molecule has 5 nitrogen and oxygen atoms in total. The highest BCUT2D eigenvalue weighted by atomic mass is 19.1. The molecule has 94 valence electrons. The Bertz CT molecular complexity index is 782. The zero-order chi connectivity index (χ0) is 13.4. The first kappa shape index (κ1) is 11.3. The highest BCUT2D eigenvalue weighted by molar-refractivity contribution is 5.86. The maximum atomic E-state index is 13.8. The standard InChI is InChI=1S/C13H8FN3O2/c14-9-1-2-10(13(18)19)17-11(9)8-5-7-3-4-15-12(7)16-6-8/h1-6H,(H,15,16)(H,18,19). The molecule has 0 atom stereocenters. The molecule has 3 rings (SSSR count). The molecule has 2 N–H and O–H groups in total. The SMILES string of the molecule is O=C(O)c1ccc(F)c(-c2cnc3[nH]ccc3c2)n1. The van der Waals surface area contributed by atoms with Crippen molar-refractivity contribution in [3.8, 4) is 11.3 Å². The third-order valence-electron chi connectivity index (χ3n) is 2.74. The summed E-state index contributed by atoms with van der Waals surface area (Å²) in [5, 5.41) is 9.69. The van der Waals surface area contributed by atoms with Crippen LogP contribution in [-0.4, -0.2) is 26.0 Å². The highest BCUT2D eigenvalue weighted by Crippen LogP contribution is 2.23. The minimum absolute atomic E-state index is 0.0181. The molecule has 0 unspecified atom stereocenters. The number of aromatic carboxylic acids is 1. The smallest absolute Gasteiger partial charge is 0.354 e. The minimum atomic E-state index is -1.20. The number of fused-ring (bicyclic) bond motifs is 1. The van der Waals surface area contributed by atoms with Gasteiger partial charge in [-0.3, -0.25) is 0 Å². The zero-order valence-electron chi connectivity index (χ0n) is 9.59. The number of nitrogens with zero attached hydrogens (tertiary/aromatic N) is 2. The van der Waals surface area contributed by atoms with Gasteiger partial charge < -0.3 is 10.1 Å². The Morgan fingerprint density at radius 1 is 1.32 bits per heavy atom. The monoisotopic (exact) mass is 257 g/mol. The van der Waals surface area contributed by atoms with Gasteiger partial charge in [0.2, 0.25) is 0 Å². The average Bonchev–Trinajstić information content (AvgIpc) is 2.86. The van der Waals surface area contributed by atoms with Crippen LogP contribution in [0.25, 0.3) is 22.3 Å². The van der Waals surface area contributed by atoms with Gasteiger partial charge in [-0.1, -0.05) is 0 Å². The van der Waals surface area contributed by atoms with E-state index in [4.69, 9.17) is 5.11 Å². The second-order valence-corrected chi connectivity index (χ2v) is 3.97. The van der Waals surface area contributed by atoms with E-state index in [2.05, 4.69) is 15.0 Å². The van der Waals surface area contributed by atoms with Gasteiger partial charge in [0.15, 0.2) is 0 Å². The van der Waals surface area contributed by atoms with Crippen LogP contribution in [0.15, 0.2) is 36.7 Å². The van der Waals surface area contributed by atoms with Gasteiger partial charge in [0.25, 0.3) is 0 Å². The second-order valence-electron chi connectivity index (χ2n) is 3.97. The molecule has 0 aliphatic heterocycles. The molecular formula is C13H8FN3O2. The average molecular weight is 257 g/mol. The predicted molar refractivity (Wildman–Crippen MR) is 66.2 cm³/mol. The van der Waals surface area contributed by atoms with E-state index >= 15 is 0 Å². The summed E-state index contributed by atoms with van der Waals surface area (Å²) in [5.41, 5.74) is 0.896. The van der Waals surface area contributed by atoms with Crippen LogP contribution in [-0.2, 0) is 0 Å². The van der Waals surface area contributed by atoms with E-state index < -0.39 is 11.8 Å². The highest BCUT2D eigenvalue weighted by Gasteiger charge is 2.13. The summed E-state index contributed by atoms with van der Waals surface area (Å²) >= 11 is 0. The molecule has 0 spiro atoms. The van der Waals surface area contributed by atoms with Crippen molar-refractivity contribution in [1.82, 2.24) is 15.0 Å². The van der Waals surface area contributed by atoms with Crippen molar-refractivity contribution in [3.63, 3.8) is 0 Å². The number of hydrogen-bond donors (Lipinski definition) is 2. The predicted octanol–water partition coefficient (Wildman–Crippen LogP) is 2.46. The maximum Gasteiger partial charge on any atom is 0.354 e. The van der Waals surface area contributed by atoms with Gasteiger partial charge in [-0.25, -0.2) is 19.2 Å². The van der Waals surface area contributed by atoms with Gasteiger partial charge in [-0.2, -0.15) is 0 Å². The number of halogens is 1. The Morgan fingerprint density at radius 3 is 2.95 bits per heavy atom. The zero-order valence-corrected chi connectivity index (χ0v) is 9.59. The summed E-state index contributed by atoms with van der Waals surface area (Å²) in [7, 11) is 0. The van der Waals surface area contributed by atoms with Crippen molar-refractivity contribution < 1.29 is 14.3 Å². The molecule has 3 aromatic heterocycles.